The number of halogens is 6. The van der Waals surface area contributed by atoms with Gasteiger partial charge in [-0.1, -0.05) is 68.9 Å². The summed E-state index contributed by atoms with van der Waals surface area (Å²) in [6, 6.07) is 7.79. The van der Waals surface area contributed by atoms with Crippen LogP contribution < -0.4 is 0 Å². The standard InChI is InChI=1S/C23H19F6N3O2S3/c1-12(2)35-22-19(14-7-9-17(10-8-14)37(25,26,27,28)29)30-23(36-22)32-20(21(33)34)18(13(3)31-32)15-5-4-6-16(24)11-15/h4-12H,1-3H3,(H,33,34). The number of carbonyl (C=O) groups is 1. The quantitative estimate of drug-likeness (QED) is 0.175. The number of benzene rings is 2. The molecule has 0 aliphatic carbocycles. The molecule has 2 aromatic carbocycles. The molecule has 4 aromatic rings. The predicted molar refractivity (Wildman–Crippen MR) is 134 cm³/mol. The van der Waals surface area contributed by atoms with Crippen LogP contribution in [-0.2, 0) is 0 Å². The number of aromatic nitrogens is 3. The molecule has 0 fully saturated rings. The lowest BCUT2D eigenvalue weighted by molar-refractivity contribution is 0.0687. The van der Waals surface area contributed by atoms with E-state index in [4.69, 9.17) is 0 Å². The second-order valence-corrected chi connectivity index (χ2v) is 13.6. The van der Waals surface area contributed by atoms with E-state index in [1.165, 1.54) is 36.0 Å². The van der Waals surface area contributed by atoms with Crippen molar-refractivity contribution in [3.63, 3.8) is 0 Å². The Bertz CT molecular complexity index is 1510. The van der Waals surface area contributed by atoms with Crippen molar-refractivity contribution < 1.29 is 33.7 Å². The van der Waals surface area contributed by atoms with Crippen LogP contribution in [0.4, 0.5) is 23.8 Å². The Kier molecular flexibility index (Phi) is 6.24. The first-order chi connectivity index (χ1) is 16.9. The van der Waals surface area contributed by atoms with Crippen LogP contribution >= 0.6 is 33.3 Å². The van der Waals surface area contributed by atoms with Crippen molar-refractivity contribution in [2.24, 2.45) is 0 Å². The minimum atomic E-state index is -9.85. The number of thiazole rings is 1. The molecular weight excluding hydrogens is 560 g/mol. The molecule has 198 valence electrons. The van der Waals surface area contributed by atoms with Gasteiger partial charge in [0.15, 0.2) is 5.69 Å². The van der Waals surface area contributed by atoms with E-state index in [1.807, 2.05) is 13.8 Å². The first-order valence-corrected chi connectivity index (χ1v) is 14.2. The fraction of sp³-hybridized carbons (Fsp3) is 0.174. The molecule has 0 saturated carbocycles. The molecule has 1 N–H and O–H groups in total. The summed E-state index contributed by atoms with van der Waals surface area (Å²) in [5, 5.41) is 14.4. The molecule has 0 aliphatic heterocycles. The molecule has 5 nitrogen and oxygen atoms in total. The summed E-state index contributed by atoms with van der Waals surface area (Å²) in [6.45, 7) is 5.29. The highest BCUT2D eigenvalue weighted by Crippen LogP contribution is 3.02. The second kappa shape index (κ2) is 8.53. The van der Waals surface area contributed by atoms with Crippen molar-refractivity contribution in [2.75, 3.05) is 0 Å². The molecule has 14 heteroatoms. The van der Waals surface area contributed by atoms with Crippen molar-refractivity contribution >= 4 is 39.3 Å². The molecule has 0 bridgehead atoms. The number of nitrogens with zero attached hydrogens (tertiary/aromatic N) is 3. The topological polar surface area (TPSA) is 68.0 Å². The number of aryl methyl sites for hydroxylation is 1. The van der Waals surface area contributed by atoms with Gasteiger partial charge in [0.25, 0.3) is 0 Å². The summed E-state index contributed by atoms with van der Waals surface area (Å²) in [6.07, 6.45) is 0. The van der Waals surface area contributed by atoms with Crippen LogP contribution in [0, 0.1) is 12.7 Å². The molecule has 37 heavy (non-hydrogen) atoms. The second-order valence-electron chi connectivity index (χ2n) is 8.33. The number of hydrogen-bond acceptors (Lipinski definition) is 5. The lowest BCUT2D eigenvalue weighted by Crippen LogP contribution is -2.09. The Balaban J connectivity index is 1.88. The van der Waals surface area contributed by atoms with Crippen molar-refractivity contribution in [3.8, 4) is 27.5 Å². The van der Waals surface area contributed by atoms with Crippen LogP contribution in [0.2, 0.25) is 0 Å². The first-order valence-electron chi connectivity index (χ1n) is 10.6. The van der Waals surface area contributed by atoms with E-state index < -0.39 is 26.9 Å². The van der Waals surface area contributed by atoms with E-state index in [0.29, 0.717) is 21.9 Å². The van der Waals surface area contributed by atoms with E-state index in [1.54, 1.807) is 6.92 Å². The van der Waals surface area contributed by atoms with Gasteiger partial charge in [-0.05, 0) is 36.8 Å². The molecule has 2 heterocycles. The molecule has 2 aromatic heterocycles. The normalized spacial score (nSPS) is 14.0. The van der Waals surface area contributed by atoms with Crippen LogP contribution in [0.5, 0.6) is 0 Å². The van der Waals surface area contributed by atoms with Gasteiger partial charge in [-0.15, -0.1) is 11.8 Å². The van der Waals surface area contributed by atoms with Gasteiger partial charge >= 0.3 is 16.2 Å². The van der Waals surface area contributed by atoms with Gasteiger partial charge in [0.1, 0.15) is 10.7 Å². The Morgan fingerprint density at radius 3 is 2.24 bits per heavy atom. The summed E-state index contributed by atoms with van der Waals surface area (Å²) in [4.78, 5) is 14.7. The van der Waals surface area contributed by atoms with Crippen LogP contribution in [0.1, 0.15) is 30.0 Å². The van der Waals surface area contributed by atoms with Gasteiger partial charge in [-0.25, -0.2) is 14.2 Å². The fourth-order valence-electron chi connectivity index (χ4n) is 3.59. The minimum Gasteiger partial charge on any atom is -0.476 e. The predicted octanol–water partition coefficient (Wildman–Crippen LogP) is 8.97. The molecule has 0 saturated heterocycles. The van der Waals surface area contributed by atoms with E-state index >= 15 is 0 Å². The number of carboxylic acids is 1. The van der Waals surface area contributed by atoms with Gasteiger partial charge in [0.05, 0.1) is 15.6 Å². The highest BCUT2D eigenvalue weighted by molar-refractivity contribution is 8.45. The maximum atomic E-state index is 13.9. The number of aromatic carboxylic acids is 1. The summed E-state index contributed by atoms with van der Waals surface area (Å²) in [5.74, 6) is -1.92. The summed E-state index contributed by atoms with van der Waals surface area (Å²) >= 11 is 2.37. The van der Waals surface area contributed by atoms with Crippen LogP contribution in [0.25, 0.3) is 27.5 Å². The van der Waals surface area contributed by atoms with Crippen LogP contribution in [-0.4, -0.2) is 31.1 Å². The fourth-order valence-corrected chi connectivity index (χ4v) is 6.71. The first kappa shape index (κ1) is 27.1. The molecular formula is C23H19F6N3O2S3. The molecule has 0 unspecified atom stereocenters. The van der Waals surface area contributed by atoms with Crippen molar-refractivity contribution in [1.82, 2.24) is 14.8 Å². The average Bonchev–Trinajstić information content (AvgIpc) is 3.32. The number of thioether (sulfide) groups is 1. The molecule has 0 amide bonds. The molecule has 4 rings (SSSR count). The Morgan fingerprint density at radius 2 is 1.70 bits per heavy atom. The van der Waals surface area contributed by atoms with Crippen LogP contribution in [0.15, 0.2) is 57.6 Å². The maximum absolute atomic E-state index is 13.9. The highest BCUT2D eigenvalue weighted by atomic mass is 32.5. The lowest BCUT2D eigenvalue weighted by Gasteiger charge is -2.40. The molecule has 0 spiro atoms. The van der Waals surface area contributed by atoms with E-state index in [-0.39, 0.29) is 38.6 Å². The lowest BCUT2D eigenvalue weighted by atomic mass is 10.0. The third-order valence-corrected chi connectivity index (χ3v) is 8.46. The SMILES string of the molecule is Cc1nn(-c2nc(-c3ccc(S(F)(F)(F)(F)F)cc3)c(SC(C)C)s2)c(C(=O)O)c1-c1cccc(F)c1. The maximum Gasteiger partial charge on any atom is 0.355 e. The molecule has 0 atom stereocenters. The average molecular weight is 580 g/mol. The monoisotopic (exact) mass is 579 g/mol. The Hall–Kier alpha value is -2.97. The minimum absolute atomic E-state index is 0.0113. The number of rotatable bonds is 7. The zero-order valence-corrected chi connectivity index (χ0v) is 21.8. The van der Waals surface area contributed by atoms with Gasteiger partial charge in [-0.3, -0.25) is 0 Å². The van der Waals surface area contributed by atoms with E-state index in [2.05, 4.69) is 10.1 Å². The van der Waals surface area contributed by atoms with Crippen LogP contribution in [0.3, 0.4) is 0 Å². The number of hydrogen-bond donors (Lipinski definition) is 1. The highest BCUT2D eigenvalue weighted by Gasteiger charge is 2.65. The third-order valence-electron chi connectivity index (χ3n) is 5.06. The third kappa shape index (κ3) is 5.65. The summed E-state index contributed by atoms with van der Waals surface area (Å²) in [7, 11) is -9.85. The zero-order chi connectivity index (χ0) is 27.4. The largest absolute Gasteiger partial charge is 0.476 e. The van der Waals surface area contributed by atoms with Gasteiger partial charge < -0.3 is 5.11 Å². The molecule has 0 aliphatic rings. The van der Waals surface area contributed by atoms with E-state index in [0.717, 1.165) is 28.2 Å². The van der Waals surface area contributed by atoms with Gasteiger partial charge in [0.2, 0.25) is 5.13 Å². The summed E-state index contributed by atoms with van der Waals surface area (Å²) < 4.78 is 81.3. The smallest absolute Gasteiger partial charge is 0.355 e. The van der Waals surface area contributed by atoms with Gasteiger partial charge in [-0.2, -0.15) is 9.78 Å². The van der Waals surface area contributed by atoms with Crippen molar-refractivity contribution in [3.05, 3.63) is 65.7 Å². The van der Waals surface area contributed by atoms with Crippen molar-refractivity contribution in [1.29, 1.82) is 0 Å². The van der Waals surface area contributed by atoms with Crippen molar-refractivity contribution in [2.45, 2.75) is 35.1 Å². The number of carboxylic acid groups (broad SMARTS) is 1. The Morgan fingerprint density at radius 1 is 1.05 bits per heavy atom. The van der Waals surface area contributed by atoms with E-state index in [9.17, 15) is 33.7 Å². The Labute approximate surface area is 215 Å². The zero-order valence-electron chi connectivity index (χ0n) is 19.4. The summed E-state index contributed by atoms with van der Waals surface area (Å²) in [5.41, 5.74) is 0.828. The molecule has 0 radical (unpaired) electrons. The van der Waals surface area contributed by atoms with Gasteiger partial charge in [0, 0.05) is 16.4 Å².